The summed E-state index contributed by atoms with van der Waals surface area (Å²) in [5.74, 6) is 2.22. The highest BCUT2D eigenvalue weighted by atomic mass is 16.7. The molecule has 4 aliphatic rings. The van der Waals surface area contributed by atoms with E-state index in [9.17, 15) is 9.59 Å². The second kappa shape index (κ2) is 8.78. The van der Waals surface area contributed by atoms with Crippen molar-refractivity contribution >= 4 is 11.7 Å². The number of hydroxylamine groups is 1. The van der Waals surface area contributed by atoms with E-state index in [0.29, 0.717) is 30.2 Å². The number of Topliss-reactive ketones (excluding diaryl/α,β-unsaturated/α-hetero) is 1. The second-order valence-corrected chi connectivity index (χ2v) is 9.31. The number of piperidine rings is 1. The third kappa shape index (κ3) is 4.27. The Morgan fingerprint density at radius 2 is 1.89 bits per heavy atom. The summed E-state index contributed by atoms with van der Waals surface area (Å²) < 4.78 is 0. The van der Waals surface area contributed by atoms with E-state index in [4.69, 9.17) is 4.84 Å². The lowest BCUT2D eigenvalue weighted by Crippen LogP contribution is -2.53. The van der Waals surface area contributed by atoms with Crippen LogP contribution >= 0.6 is 0 Å². The van der Waals surface area contributed by atoms with Gasteiger partial charge in [0.2, 0.25) is 5.91 Å². The first-order valence-electron chi connectivity index (χ1n) is 11.3. The number of rotatable bonds is 5. The van der Waals surface area contributed by atoms with Crippen LogP contribution in [0, 0.1) is 23.7 Å². The molecule has 0 bridgehead atoms. The topological polar surface area (TPSA) is 91.5 Å². The zero-order valence-corrected chi connectivity index (χ0v) is 17.2. The fourth-order valence-corrected chi connectivity index (χ4v) is 5.90. The molecule has 2 saturated carbocycles. The molecule has 7 unspecified atom stereocenters. The van der Waals surface area contributed by atoms with E-state index in [-0.39, 0.29) is 36.0 Å². The lowest BCUT2D eigenvalue weighted by molar-refractivity contribution is -0.127. The third-order valence-electron chi connectivity index (χ3n) is 7.61. The molecule has 2 heterocycles. The van der Waals surface area contributed by atoms with Crippen LogP contribution in [0.4, 0.5) is 0 Å². The maximum Gasteiger partial charge on any atom is 0.237 e. The smallest absolute Gasteiger partial charge is 0.237 e. The van der Waals surface area contributed by atoms with Gasteiger partial charge in [0.05, 0.1) is 12.2 Å². The van der Waals surface area contributed by atoms with E-state index in [1.54, 1.807) is 6.92 Å². The summed E-state index contributed by atoms with van der Waals surface area (Å²) in [7, 11) is 0. The molecule has 4 N–H and O–H groups in total. The van der Waals surface area contributed by atoms with E-state index in [1.807, 2.05) is 0 Å². The van der Waals surface area contributed by atoms with Crippen molar-refractivity contribution in [3.8, 4) is 0 Å². The van der Waals surface area contributed by atoms with Gasteiger partial charge in [-0.3, -0.25) is 19.7 Å². The first kappa shape index (κ1) is 20.3. The predicted molar refractivity (Wildman–Crippen MR) is 106 cm³/mol. The molecule has 7 heteroatoms. The Morgan fingerprint density at radius 1 is 1.07 bits per heavy atom. The summed E-state index contributed by atoms with van der Waals surface area (Å²) in [5.41, 5.74) is 3.19. The molecule has 0 aromatic carbocycles. The van der Waals surface area contributed by atoms with Gasteiger partial charge in [0.25, 0.3) is 0 Å². The molecule has 2 saturated heterocycles. The fourth-order valence-electron chi connectivity index (χ4n) is 5.90. The van der Waals surface area contributed by atoms with E-state index in [2.05, 4.69) is 28.4 Å². The Labute approximate surface area is 168 Å². The molecular weight excluding hydrogens is 356 g/mol. The Morgan fingerprint density at radius 3 is 2.64 bits per heavy atom. The van der Waals surface area contributed by atoms with Gasteiger partial charge in [-0.15, -0.1) is 0 Å². The average Bonchev–Trinajstić information content (AvgIpc) is 3.35. The molecule has 2 aliphatic carbocycles. The van der Waals surface area contributed by atoms with Crippen LogP contribution in [-0.2, 0) is 14.4 Å². The summed E-state index contributed by atoms with van der Waals surface area (Å²) in [4.78, 5) is 30.1. The lowest BCUT2D eigenvalue weighted by Gasteiger charge is -2.37. The van der Waals surface area contributed by atoms with Crippen molar-refractivity contribution in [2.24, 2.45) is 23.7 Å². The molecule has 0 radical (unpaired) electrons. The molecule has 0 aromatic heterocycles. The van der Waals surface area contributed by atoms with Gasteiger partial charge in [-0.25, -0.2) is 0 Å². The maximum atomic E-state index is 12.8. The van der Waals surface area contributed by atoms with Crippen LogP contribution in [0.1, 0.15) is 65.2 Å². The number of carbonyl (C=O) groups is 2. The molecular formula is C21H36N4O3. The summed E-state index contributed by atoms with van der Waals surface area (Å²) in [6.07, 6.45) is 8.67. The van der Waals surface area contributed by atoms with Gasteiger partial charge in [-0.05, 0) is 82.6 Å². The normalized spacial score (nSPS) is 43.5. The number of hydrogen-bond donors (Lipinski definition) is 4. The van der Waals surface area contributed by atoms with Crippen molar-refractivity contribution < 1.29 is 14.4 Å². The van der Waals surface area contributed by atoms with E-state index in [0.717, 1.165) is 25.8 Å². The van der Waals surface area contributed by atoms with Gasteiger partial charge < -0.3 is 10.6 Å². The monoisotopic (exact) mass is 392 g/mol. The number of carbonyl (C=O) groups excluding carboxylic acids is 2. The van der Waals surface area contributed by atoms with Gasteiger partial charge in [0.1, 0.15) is 12.0 Å². The largest absolute Gasteiger partial charge is 0.352 e. The lowest BCUT2D eigenvalue weighted by atomic mass is 9.73. The molecule has 8 atom stereocenters. The van der Waals surface area contributed by atoms with Gasteiger partial charge >= 0.3 is 0 Å². The minimum absolute atomic E-state index is 0.0318. The van der Waals surface area contributed by atoms with Gasteiger partial charge in [-0.1, -0.05) is 6.92 Å². The highest BCUT2D eigenvalue weighted by Gasteiger charge is 2.44. The molecule has 4 fully saturated rings. The zero-order chi connectivity index (χ0) is 19.7. The quantitative estimate of drug-likeness (QED) is 0.566. The van der Waals surface area contributed by atoms with Crippen LogP contribution in [-0.4, -0.2) is 42.7 Å². The standard InChI is InChI=1S/C21H36N4O3/c1-3-19-24-20(25-28-19)15-4-6-16-14(10-15)5-7-17(16)23-21(27)18-11-13(12(2)26)8-9-22-18/h13-20,22,24-25H,3-11H2,1-2H3,(H,23,27)/t13?,14?,15?,16?,17-,18?,19?,20?/m1/s1. The van der Waals surface area contributed by atoms with Gasteiger partial charge in [-0.2, -0.15) is 5.48 Å². The number of amides is 1. The Bertz CT molecular complexity index is 586. The van der Waals surface area contributed by atoms with Crippen molar-refractivity contribution in [3.05, 3.63) is 0 Å². The summed E-state index contributed by atoms with van der Waals surface area (Å²) in [5, 5.41) is 10.2. The highest BCUT2D eigenvalue weighted by molar-refractivity contribution is 5.84. The summed E-state index contributed by atoms with van der Waals surface area (Å²) >= 11 is 0. The van der Waals surface area contributed by atoms with Gasteiger partial charge in [0, 0.05) is 12.0 Å². The minimum atomic E-state index is -0.215. The Hall–Kier alpha value is -1.02. The molecule has 158 valence electrons. The van der Waals surface area contributed by atoms with Crippen molar-refractivity contribution in [2.45, 2.75) is 89.7 Å². The van der Waals surface area contributed by atoms with Crippen molar-refractivity contribution in [1.82, 2.24) is 21.4 Å². The van der Waals surface area contributed by atoms with E-state index >= 15 is 0 Å². The Balaban J connectivity index is 1.28. The minimum Gasteiger partial charge on any atom is -0.352 e. The number of fused-ring (bicyclic) bond motifs is 1. The molecule has 0 aromatic rings. The van der Waals surface area contributed by atoms with Crippen LogP contribution < -0.4 is 21.4 Å². The van der Waals surface area contributed by atoms with Crippen LogP contribution in [0.3, 0.4) is 0 Å². The van der Waals surface area contributed by atoms with Crippen molar-refractivity contribution in [1.29, 1.82) is 0 Å². The molecule has 1 amide bonds. The zero-order valence-electron chi connectivity index (χ0n) is 17.2. The maximum absolute atomic E-state index is 12.8. The molecule has 0 spiro atoms. The second-order valence-electron chi connectivity index (χ2n) is 9.31. The SMILES string of the molecule is CCC1NC(C2CCC3C(CC[C@H]3NC(=O)C3CC(C(C)=O)CCN3)C2)NO1. The van der Waals surface area contributed by atoms with Crippen LogP contribution in [0.5, 0.6) is 0 Å². The average molecular weight is 393 g/mol. The highest BCUT2D eigenvalue weighted by Crippen LogP contribution is 2.45. The van der Waals surface area contributed by atoms with Crippen LogP contribution in [0.2, 0.25) is 0 Å². The third-order valence-corrected chi connectivity index (χ3v) is 7.61. The Kier molecular flexibility index (Phi) is 6.35. The van der Waals surface area contributed by atoms with Crippen LogP contribution in [0.25, 0.3) is 0 Å². The number of nitrogens with one attached hydrogen (secondary N) is 4. The predicted octanol–water partition coefficient (Wildman–Crippen LogP) is 1.44. The van der Waals surface area contributed by atoms with Crippen molar-refractivity contribution in [3.63, 3.8) is 0 Å². The summed E-state index contributed by atoms with van der Waals surface area (Å²) in [6, 6.07) is 0.0788. The first-order valence-corrected chi connectivity index (χ1v) is 11.3. The van der Waals surface area contributed by atoms with E-state index < -0.39 is 0 Å². The first-order chi connectivity index (χ1) is 13.5. The van der Waals surface area contributed by atoms with Crippen molar-refractivity contribution in [2.75, 3.05) is 6.54 Å². The molecule has 7 nitrogen and oxygen atoms in total. The van der Waals surface area contributed by atoms with Gasteiger partial charge in [0.15, 0.2) is 0 Å². The fraction of sp³-hybridized carbons (Fsp3) is 0.905. The molecule has 28 heavy (non-hydrogen) atoms. The number of ketones is 1. The summed E-state index contributed by atoms with van der Waals surface area (Å²) in [6.45, 7) is 4.53. The van der Waals surface area contributed by atoms with E-state index in [1.165, 1.54) is 25.7 Å². The molecule has 4 rings (SSSR count). The molecule has 2 aliphatic heterocycles. The van der Waals surface area contributed by atoms with Crippen LogP contribution in [0.15, 0.2) is 0 Å². The number of hydrogen-bond acceptors (Lipinski definition) is 6.